The second-order valence-electron chi connectivity index (χ2n) is 10.3. The lowest BCUT2D eigenvalue weighted by molar-refractivity contribution is 0.0982. The molecule has 0 bridgehead atoms. The van der Waals surface area contributed by atoms with Gasteiger partial charge in [-0.3, -0.25) is 4.79 Å². The van der Waals surface area contributed by atoms with Gasteiger partial charge in [0.05, 0.1) is 10.1 Å². The van der Waals surface area contributed by atoms with E-state index in [1.165, 1.54) is 31.2 Å². The van der Waals surface area contributed by atoms with Gasteiger partial charge in [0.1, 0.15) is 0 Å². The monoisotopic (exact) mass is 513 g/mol. The molecule has 2 atom stereocenters. The van der Waals surface area contributed by atoms with Gasteiger partial charge < -0.3 is 4.90 Å². The van der Waals surface area contributed by atoms with Gasteiger partial charge in [-0.25, -0.2) is 8.42 Å². The number of carbonyl (C=O) groups is 1. The molecule has 0 radical (unpaired) electrons. The number of amides is 1. The molecule has 1 aliphatic heterocycles. The summed E-state index contributed by atoms with van der Waals surface area (Å²) in [7, 11) is -3.39. The molecule has 3 aliphatic carbocycles. The van der Waals surface area contributed by atoms with Crippen molar-refractivity contribution in [3.05, 3.63) is 58.1 Å². The minimum Gasteiger partial charge on any atom is -0.307 e. The number of halogens is 1. The Morgan fingerprint density at radius 2 is 1.72 bits per heavy atom. The van der Waals surface area contributed by atoms with Gasteiger partial charge in [-0.1, -0.05) is 41.3 Å². The first-order valence-corrected chi connectivity index (χ1v) is 14.2. The fraction of sp³-hybridized carbons (Fsp3) is 0.500. The van der Waals surface area contributed by atoms with Crippen LogP contribution in [0.2, 0.25) is 0 Å². The summed E-state index contributed by atoms with van der Waals surface area (Å²) in [5, 5.41) is -0.285. The van der Waals surface area contributed by atoms with Gasteiger partial charge in [-0.15, -0.1) is 0 Å². The molecule has 2 aromatic carbocycles. The van der Waals surface area contributed by atoms with Crippen molar-refractivity contribution in [2.75, 3.05) is 11.4 Å². The summed E-state index contributed by atoms with van der Waals surface area (Å²) < 4.78 is 27.5. The maximum Gasteiger partial charge on any atom is 0.258 e. The van der Waals surface area contributed by atoms with Gasteiger partial charge in [-0.2, -0.15) is 0 Å². The van der Waals surface area contributed by atoms with Crippen molar-refractivity contribution in [1.82, 2.24) is 0 Å². The molecule has 0 N–H and O–H groups in total. The van der Waals surface area contributed by atoms with Crippen molar-refractivity contribution in [1.29, 1.82) is 0 Å². The van der Waals surface area contributed by atoms with Crippen molar-refractivity contribution in [3.8, 4) is 0 Å². The molecule has 0 aromatic heterocycles. The molecule has 4 nitrogen and oxygen atoms in total. The van der Waals surface area contributed by atoms with Crippen LogP contribution in [-0.2, 0) is 15.3 Å². The largest absolute Gasteiger partial charge is 0.307 e. The van der Waals surface area contributed by atoms with E-state index in [4.69, 9.17) is 0 Å². The second kappa shape index (κ2) is 7.42. The zero-order valence-corrected chi connectivity index (χ0v) is 20.5. The number of hydrogen-bond acceptors (Lipinski definition) is 3. The maximum absolute atomic E-state index is 13.7. The first kappa shape index (κ1) is 20.9. The highest BCUT2D eigenvalue weighted by molar-refractivity contribution is 9.10. The SMILES string of the molecule is O=C(c1cccc(S(=O)(=O)C2CC3CC3C2)c1)N1CC2(CCCCC2)c2cc(Br)ccc21. The Hall–Kier alpha value is -1.66. The molecule has 6 heteroatoms. The summed E-state index contributed by atoms with van der Waals surface area (Å²) in [5.74, 6) is 1.11. The molecule has 168 valence electrons. The summed E-state index contributed by atoms with van der Waals surface area (Å²) in [6.07, 6.45) is 8.57. The number of nitrogens with zero attached hydrogens (tertiary/aromatic N) is 1. The Bertz CT molecular complexity index is 1190. The van der Waals surface area contributed by atoms with Crippen molar-refractivity contribution >= 4 is 37.4 Å². The Kier molecular flexibility index (Phi) is 4.85. The maximum atomic E-state index is 13.7. The van der Waals surface area contributed by atoms with Crippen LogP contribution in [0, 0.1) is 11.8 Å². The average molecular weight is 514 g/mol. The Morgan fingerprint density at radius 3 is 2.47 bits per heavy atom. The van der Waals surface area contributed by atoms with Crippen LogP contribution in [0.1, 0.15) is 67.3 Å². The Balaban J connectivity index is 1.33. The van der Waals surface area contributed by atoms with Crippen molar-refractivity contribution < 1.29 is 13.2 Å². The highest BCUT2D eigenvalue weighted by Crippen LogP contribution is 2.54. The highest BCUT2D eigenvalue weighted by atomic mass is 79.9. The normalized spacial score (nSPS) is 27.9. The number of rotatable bonds is 3. The third-order valence-corrected chi connectivity index (χ3v) is 11.1. The van der Waals surface area contributed by atoms with Gasteiger partial charge in [0.15, 0.2) is 9.84 Å². The predicted octanol–water partition coefficient (Wildman–Crippen LogP) is 5.88. The number of sulfone groups is 1. The molecule has 1 spiro atoms. The first-order chi connectivity index (χ1) is 15.4. The van der Waals surface area contributed by atoms with Gasteiger partial charge in [0, 0.05) is 27.7 Å². The number of fused-ring (bicyclic) bond motifs is 3. The minimum absolute atomic E-state index is 0.0155. The molecule has 2 unspecified atom stereocenters. The number of carbonyl (C=O) groups excluding carboxylic acids is 1. The van der Waals surface area contributed by atoms with Crippen LogP contribution < -0.4 is 4.90 Å². The lowest BCUT2D eigenvalue weighted by Crippen LogP contribution is -2.38. The van der Waals surface area contributed by atoms with E-state index >= 15 is 0 Å². The van der Waals surface area contributed by atoms with E-state index in [9.17, 15) is 13.2 Å². The Labute approximate surface area is 198 Å². The molecule has 2 aromatic rings. The molecule has 1 amide bonds. The third-order valence-electron chi connectivity index (χ3n) is 8.39. The standard InChI is InChI=1S/C26H28BrNO3S/c27-20-7-8-24-23(15-20)26(9-2-1-3-10-26)16-28(24)25(29)17-5-4-6-21(12-17)32(30,31)22-13-18-11-19(18)14-22/h4-8,12,15,18-19,22H,1-3,9-11,13-14,16H2. The highest BCUT2D eigenvalue weighted by Gasteiger charge is 2.50. The van der Waals surface area contributed by atoms with Crippen LogP contribution in [0.25, 0.3) is 0 Å². The fourth-order valence-corrected chi connectivity index (χ4v) is 8.85. The zero-order chi connectivity index (χ0) is 22.1. The van der Waals surface area contributed by atoms with Crippen LogP contribution in [0.5, 0.6) is 0 Å². The summed E-state index contributed by atoms with van der Waals surface area (Å²) >= 11 is 3.62. The summed E-state index contributed by atoms with van der Waals surface area (Å²) in [6, 6.07) is 13.0. The number of hydrogen-bond donors (Lipinski definition) is 0. The summed E-state index contributed by atoms with van der Waals surface area (Å²) in [6.45, 7) is 0.681. The van der Waals surface area contributed by atoms with E-state index in [-0.39, 0.29) is 16.6 Å². The van der Waals surface area contributed by atoms with Crippen molar-refractivity contribution in [2.45, 2.75) is 66.9 Å². The molecule has 6 rings (SSSR count). The predicted molar refractivity (Wildman–Crippen MR) is 129 cm³/mol. The smallest absolute Gasteiger partial charge is 0.258 e. The topological polar surface area (TPSA) is 54.5 Å². The minimum atomic E-state index is -3.39. The first-order valence-electron chi connectivity index (χ1n) is 11.8. The average Bonchev–Trinajstić information content (AvgIpc) is 3.30. The third kappa shape index (κ3) is 3.28. The summed E-state index contributed by atoms with van der Waals surface area (Å²) in [4.78, 5) is 15.9. The molecule has 32 heavy (non-hydrogen) atoms. The van der Waals surface area contributed by atoms with Crippen LogP contribution >= 0.6 is 15.9 Å². The molecular formula is C26H28BrNO3S. The van der Waals surface area contributed by atoms with Crippen LogP contribution in [0.15, 0.2) is 51.8 Å². The molecule has 4 aliphatic rings. The number of benzene rings is 2. The summed E-state index contributed by atoms with van der Waals surface area (Å²) in [5.41, 5.74) is 2.72. The van der Waals surface area contributed by atoms with E-state index in [0.717, 1.165) is 35.8 Å². The molecule has 3 saturated carbocycles. The van der Waals surface area contributed by atoms with Crippen molar-refractivity contribution in [2.24, 2.45) is 11.8 Å². The van der Waals surface area contributed by atoms with E-state index in [1.54, 1.807) is 24.3 Å². The second-order valence-corrected chi connectivity index (χ2v) is 13.5. The van der Waals surface area contributed by atoms with E-state index in [0.29, 0.717) is 28.8 Å². The number of anilines is 1. The quantitative estimate of drug-likeness (QED) is 0.514. The lowest BCUT2D eigenvalue weighted by Gasteiger charge is -2.34. The van der Waals surface area contributed by atoms with Gasteiger partial charge >= 0.3 is 0 Å². The molecule has 1 heterocycles. The van der Waals surface area contributed by atoms with Gasteiger partial charge in [0.2, 0.25) is 0 Å². The van der Waals surface area contributed by atoms with Crippen LogP contribution in [0.4, 0.5) is 5.69 Å². The molecule has 3 fully saturated rings. The van der Waals surface area contributed by atoms with Crippen molar-refractivity contribution in [3.63, 3.8) is 0 Å². The van der Waals surface area contributed by atoms with E-state index in [1.807, 2.05) is 17.0 Å². The molecular weight excluding hydrogens is 486 g/mol. The van der Waals surface area contributed by atoms with E-state index in [2.05, 4.69) is 22.0 Å². The lowest BCUT2D eigenvalue weighted by atomic mass is 9.71. The Morgan fingerprint density at radius 1 is 0.969 bits per heavy atom. The fourth-order valence-electron chi connectivity index (χ4n) is 6.55. The van der Waals surface area contributed by atoms with Gasteiger partial charge in [-0.05, 0) is 85.9 Å². The van der Waals surface area contributed by atoms with Crippen LogP contribution in [-0.4, -0.2) is 26.1 Å². The molecule has 0 saturated heterocycles. The van der Waals surface area contributed by atoms with E-state index < -0.39 is 9.84 Å². The van der Waals surface area contributed by atoms with Gasteiger partial charge in [0.25, 0.3) is 5.91 Å². The van der Waals surface area contributed by atoms with Crippen LogP contribution in [0.3, 0.4) is 0 Å². The zero-order valence-electron chi connectivity index (χ0n) is 18.1.